The Morgan fingerprint density at radius 2 is 1.56 bits per heavy atom. The molecule has 2 aromatic carbocycles. The summed E-state index contributed by atoms with van der Waals surface area (Å²) in [7, 11) is 0. The van der Waals surface area contributed by atoms with Crippen molar-refractivity contribution < 1.29 is 0 Å². The van der Waals surface area contributed by atoms with Crippen molar-refractivity contribution in [1.29, 1.82) is 5.26 Å². The Bertz CT molecular complexity index is 923. The van der Waals surface area contributed by atoms with Crippen molar-refractivity contribution in [2.75, 3.05) is 0 Å². The van der Waals surface area contributed by atoms with Crippen molar-refractivity contribution in [2.24, 2.45) is 23.7 Å². The smallest absolute Gasteiger partial charge is 0.0991 e. The highest BCUT2D eigenvalue weighted by Gasteiger charge is 2.61. The van der Waals surface area contributed by atoms with Gasteiger partial charge in [0.15, 0.2) is 0 Å². The summed E-state index contributed by atoms with van der Waals surface area (Å²) in [6.07, 6.45) is 6.96. The lowest BCUT2D eigenvalue weighted by molar-refractivity contribution is -0.0399. The molecule has 0 N–H and O–H groups in total. The van der Waals surface area contributed by atoms with Gasteiger partial charge in [-0.3, -0.25) is 0 Å². The highest BCUT2D eigenvalue weighted by Crippen LogP contribution is 2.69. The van der Waals surface area contributed by atoms with Crippen LogP contribution in [0.15, 0.2) is 36.4 Å². The van der Waals surface area contributed by atoms with E-state index in [-0.39, 0.29) is 5.41 Å². The fourth-order valence-electron chi connectivity index (χ4n) is 7.24. The van der Waals surface area contributed by atoms with Gasteiger partial charge in [-0.1, -0.05) is 23.7 Å². The number of benzene rings is 2. The second kappa shape index (κ2) is 4.68. The van der Waals surface area contributed by atoms with Crippen LogP contribution in [0.25, 0.3) is 11.1 Å². The maximum Gasteiger partial charge on any atom is 0.0991 e. The number of nitrogens with zero attached hydrogens (tertiary/aromatic N) is 1. The molecule has 7 rings (SSSR count). The van der Waals surface area contributed by atoms with Gasteiger partial charge in [0, 0.05) is 10.4 Å². The standard InChI is InChI=1S/C23H20ClN/c24-18-2-3-19-20-10-13(12-25)1-4-21(20)23(22(19)11-18)16-6-14-5-15(8-16)9-17(23)7-14/h1-4,10-11,14-17H,5-9H2. The summed E-state index contributed by atoms with van der Waals surface area (Å²) < 4.78 is 0. The van der Waals surface area contributed by atoms with Gasteiger partial charge < -0.3 is 0 Å². The highest BCUT2D eigenvalue weighted by atomic mass is 35.5. The maximum absolute atomic E-state index is 9.39. The molecule has 0 radical (unpaired) electrons. The molecule has 0 heterocycles. The van der Waals surface area contributed by atoms with Gasteiger partial charge in [-0.2, -0.15) is 5.26 Å². The average Bonchev–Trinajstić information content (AvgIpc) is 2.88. The van der Waals surface area contributed by atoms with E-state index < -0.39 is 0 Å². The quantitative estimate of drug-likeness (QED) is 0.580. The van der Waals surface area contributed by atoms with Gasteiger partial charge in [0.1, 0.15) is 0 Å². The van der Waals surface area contributed by atoms with E-state index >= 15 is 0 Å². The predicted octanol–water partition coefficient (Wildman–Crippen LogP) is 5.93. The van der Waals surface area contributed by atoms with Gasteiger partial charge in [-0.25, -0.2) is 0 Å². The van der Waals surface area contributed by atoms with Crippen LogP contribution in [0.2, 0.25) is 5.02 Å². The van der Waals surface area contributed by atoms with Gasteiger partial charge in [-0.05, 0) is 102 Å². The van der Waals surface area contributed by atoms with Crippen LogP contribution in [0.5, 0.6) is 0 Å². The molecule has 2 heteroatoms. The summed E-state index contributed by atoms with van der Waals surface area (Å²) in [5.74, 6) is 3.38. The van der Waals surface area contributed by atoms with E-state index in [1.165, 1.54) is 54.4 Å². The predicted molar refractivity (Wildman–Crippen MR) is 99.4 cm³/mol. The fourth-order valence-corrected chi connectivity index (χ4v) is 7.42. The third kappa shape index (κ3) is 1.65. The molecule has 0 saturated heterocycles. The zero-order valence-corrected chi connectivity index (χ0v) is 14.9. The van der Waals surface area contributed by atoms with Crippen molar-refractivity contribution in [2.45, 2.75) is 37.5 Å². The molecule has 0 unspecified atom stereocenters. The zero-order valence-electron chi connectivity index (χ0n) is 14.1. The third-order valence-electron chi connectivity index (χ3n) is 7.74. The summed E-state index contributed by atoms with van der Waals surface area (Å²) in [5.41, 5.74) is 6.47. The fraction of sp³-hybridized carbons (Fsp3) is 0.435. The van der Waals surface area contributed by atoms with Crippen molar-refractivity contribution in [1.82, 2.24) is 0 Å². The molecule has 4 bridgehead atoms. The summed E-state index contributed by atoms with van der Waals surface area (Å²) in [5, 5.41) is 10.2. The molecule has 5 aliphatic carbocycles. The Morgan fingerprint density at radius 1 is 0.840 bits per heavy atom. The number of hydrogen-bond donors (Lipinski definition) is 0. The van der Waals surface area contributed by atoms with E-state index in [0.29, 0.717) is 0 Å². The van der Waals surface area contributed by atoms with E-state index in [1.54, 1.807) is 0 Å². The topological polar surface area (TPSA) is 23.8 Å². The minimum atomic E-state index is 0.150. The van der Waals surface area contributed by atoms with E-state index in [9.17, 15) is 5.26 Å². The third-order valence-corrected chi connectivity index (χ3v) is 7.97. The lowest BCUT2D eigenvalue weighted by Gasteiger charge is -2.61. The Kier molecular flexibility index (Phi) is 2.70. The van der Waals surface area contributed by atoms with Crippen molar-refractivity contribution in [3.8, 4) is 17.2 Å². The van der Waals surface area contributed by atoms with Crippen molar-refractivity contribution in [3.63, 3.8) is 0 Å². The lowest BCUT2D eigenvalue weighted by atomic mass is 9.43. The van der Waals surface area contributed by atoms with Crippen LogP contribution in [-0.4, -0.2) is 0 Å². The van der Waals surface area contributed by atoms with E-state index in [1.807, 2.05) is 12.1 Å². The first-order chi connectivity index (χ1) is 12.2. The van der Waals surface area contributed by atoms with Crippen LogP contribution in [0.1, 0.15) is 48.8 Å². The molecule has 4 fully saturated rings. The molecule has 25 heavy (non-hydrogen) atoms. The molecule has 0 aliphatic heterocycles. The second-order valence-corrected chi connectivity index (χ2v) is 9.17. The molecule has 1 nitrogen and oxygen atoms in total. The number of halogens is 1. The summed E-state index contributed by atoms with van der Waals surface area (Å²) in [4.78, 5) is 0. The van der Waals surface area contributed by atoms with Crippen LogP contribution in [0.3, 0.4) is 0 Å². The monoisotopic (exact) mass is 345 g/mol. The van der Waals surface area contributed by atoms with Gasteiger partial charge in [-0.15, -0.1) is 0 Å². The summed E-state index contributed by atoms with van der Waals surface area (Å²) in [6.45, 7) is 0. The lowest BCUT2D eigenvalue weighted by Crippen LogP contribution is -2.55. The summed E-state index contributed by atoms with van der Waals surface area (Å²) >= 11 is 6.47. The molecule has 0 atom stereocenters. The van der Waals surface area contributed by atoms with E-state index in [2.05, 4.69) is 30.3 Å². The molecular formula is C23H20ClN. The molecule has 124 valence electrons. The minimum Gasteiger partial charge on any atom is -0.192 e. The second-order valence-electron chi connectivity index (χ2n) is 8.74. The van der Waals surface area contributed by atoms with Crippen LogP contribution < -0.4 is 0 Å². The molecule has 0 amide bonds. The zero-order chi connectivity index (χ0) is 16.8. The van der Waals surface area contributed by atoms with E-state index in [0.717, 1.165) is 34.3 Å². The Morgan fingerprint density at radius 3 is 2.24 bits per heavy atom. The largest absolute Gasteiger partial charge is 0.192 e. The Hall–Kier alpha value is -1.78. The Labute approximate surface area is 153 Å². The number of nitriles is 1. The van der Waals surface area contributed by atoms with Gasteiger partial charge in [0.25, 0.3) is 0 Å². The number of rotatable bonds is 0. The van der Waals surface area contributed by atoms with Gasteiger partial charge in [0.05, 0.1) is 11.6 Å². The highest BCUT2D eigenvalue weighted by molar-refractivity contribution is 6.30. The normalized spacial score (nSPS) is 36.3. The molecule has 0 aromatic heterocycles. The first-order valence-corrected chi connectivity index (χ1v) is 9.93. The molecule has 5 aliphatic rings. The van der Waals surface area contributed by atoms with Crippen LogP contribution in [-0.2, 0) is 5.41 Å². The SMILES string of the molecule is N#Cc1ccc2c(c1)-c1ccc(Cl)cc1C21C2CC3CC(C2)CC1C3. The average molecular weight is 346 g/mol. The first kappa shape index (κ1) is 14.4. The maximum atomic E-state index is 9.39. The molecular weight excluding hydrogens is 326 g/mol. The van der Waals surface area contributed by atoms with Crippen LogP contribution in [0, 0.1) is 35.0 Å². The van der Waals surface area contributed by atoms with E-state index in [4.69, 9.17) is 11.6 Å². The molecule has 1 spiro atoms. The van der Waals surface area contributed by atoms with Crippen LogP contribution in [0.4, 0.5) is 0 Å². The minimum absolute atomic E-state index is 0.150. The number of hydrogen-bond acceptors (Lipinski definition) is 1. The summed E-state index contributed by atoms with van der Waals surface area (Å²) in [6, 6.07) is 15.2. The Balaban J connectivity index is 1.68. The van der Waals surface area contributed by atoms with Crippen LogP contribution >= 0.6 is 11.6 Å². The van der Waals surface area contributed by atoms with Gasteiger partial charge in [0.2, 0.25) is 0 Å². The van der Waals surface area contributed by atoms with Crippen molar-refractivity contribution >= 4 is 11.6 Å². The first-order valence-electron chi connectivity index (χ1n) is 9.55. The van der Waals surface area contributed by atoms with Gasteiger partial charge >= 0.3 is 0 Å². The number of fused-ring (bicyclic) bond motifs is 3. The van der Waals surface area contributed by atoms with Crippen molar-refractivity contribution in [3.05, 3.63) is 58.1 Å². The molecule has 4 saturated carbocycles. The molecule has 2 aromatic rings.